The van der Waals surface area contributed by atoms with E-state index in [0.29, 0.717) is 26.2 Å². The number of thiophene rings is 1. The number of carbonyl (C=O) groups excluding carboxylic acids is 1. The Morgan fingerprint density at radius 2 is 1.94 bits per heavy atom. The molecule has 1 aromatic heterocycles. The summed E-state index contributed by atoms with van der Waals surface area (Å²) in [7, 11) is 0. The average molecular weight is 351 g/mol. The van der Waals surface area contributed by atoms with Crippen molar-refractivity contribution < 1.29 is 4.79 Å². The van der Waals surface area contributed by atoms with Crippen molar-refractivity contribution in [2.45, 2.75) is 0 Å². The topological polar surface area (TPSA) is 43.1 Å². The highest BCUT2D eigenvalue weighted by Gasteiger charge is 2.15. The van der Waals surface area contributed by atoms with E-state index in [1.165, 1.54) is 11.3 Å². The van der Waals surface area contributed by atoms with Gasteiger partial charge in [0.15, 0.2) is 0 Å². The van der Waals surface area contributed by atoms with Crippen molar-refractivity contribution >= 4 is 61.9 Å². The van der Waals surface area contributed by atoms with E-state index < -0.39 is 0 Å². The lowest BCUT2D eigenvalue weighted by atomic mass is 10.1. The molecule has 1 heterocycles. The van der Waals surface area contributed by atoms with Crippen LogP contribution >= 0.6 is 50.5 Å². The van der Waals surface area contributed by atoms with E-state index in [9.17, 15) is 4.79 Å². The van der Waals surface area contributed by atoms with Crippen LogP contribution in [0.1, 0.15) is 15.2 Å². The molecule has 0 bridgehead atoms. The summed E-state index contributed by atoms with van der Waals surface area (Å²) in [5.41, 5.74) is 6.56. The van der Waals surface area contributed by atoms with E-state index in [-0.39, 0.29) is 5.78 Å². The Hall–Kier alpha value is -0.550. The fraction of sp³-hybridized carbons (Fsp3) is 0. The number of hydrogen-bond acceptors (Lipinski definition) is 3. The van der Waals surface area contributed by atoms with Crippen LogP contribution in [0.15, 0.2) is 28.1 Å². The van der Waals surface area contributed by atoms with Gasteiger partial charge in [0.2, 0.25) is 5.78 Å². The molecule has 0 fully saturated rings. The van der Waals surface area contributed by atoms with Gasteiger partial charge < -0.3 is 5.73 Å². The first-order valence-corrected chi connectivity index (χ1v) is 6.89. The molecule has 0 aliphatic rings. The highest BCUT2D eigenvalue weighted by Crippen LogP contribution is 2.33. The first-order chi connectivity index (χ1) is 7.97. The zero-order valence-electron chi connectivity index (χ0n) is 8.34. The standard InChI is InChI=1S/C11H6BrCl2NOS/c12-11-8(14)4-9(17-11)10(16)5-1-6(13)3-7(15)2-5/h1-4H,15H2. The van der Waals surface area contributed by atoms with Gasteiger partial charge >= 0.3 is 0 Å². The summed E-state index contributed by atoms with van der Waals surface area (Å²) in [6, 6.07) is 6.39. The highest BCUT2D eigenvalue weighted by atomic mass is 79.9. The van der Waals surface area contributed by atoms with E-state index in [1.807, 2.05) is 0 Å². The Kier molecular flexibility index (Phi) is 3.78. The summed E-state index contributed by atoms with van der Waals surface area (Å²) in [4.78, 5) is 12.7. The molecule has 0 aliphatic heterocycles. The molecule has 2 aromatic rings. The average Bonchev–Trinajstić information content (AvgIpc) is 2.57. The normalized spacial score (nSPS) is 10.5. The summed E-state index contributed by atoms with van der Waals surface area (Å²) in [6.45, 7) is 0. The maximum atomic E-state index is 12.1. The molecule has 2 nitrogen and oxygen atoms in total. The summed E-state index contributed by atoms with van der Waals surface area (Å²) in [5.74, 6) is -0.142. The van der Waals surface area contributed by atoms with Gasteiger partial charge in [0, 0.05) is 16.3 Å². The SMILES string of the molecule is Nc1cc(Cl)cc(C(=O)c2cc(Cl)c(Br)s2)c1. The summed E-state index contributed by atoms with van der Waals surface area (Å²) >= 11 is 16.3. The number of rotatable bonds is 2. The predicted molar refractivity (Wildman–Crippen MR) is 76.3 cm³/mol. The van der Waals surface area contributed by atoms with E-state index >= 15 is 0 Å². The van der Waals surface area contributed by atoms with Gasteiger partial charge in [-0.1, -0.05) is 23.2 Å². The molecule has 2 rings (SSSR count). The first kappa shape index (κ1) is 12.9. The van der Waals surface area contributed by atoms with Gasteiger partial charge in [0.1, 0.15) is 0 Å². The Labute approximate surface area is 120 Å². The zero-order chi connectivity index (χ0) is 12.6. The Morgan fingerprint density at radius 3 is 2.47 bits per heavy atom. The number of ketones is 1. The number of benzene rings is 1. The monoisotopic (exact) mass is 349 g/mol. The van der Waals surface area contributed by atoms with Crippen molar-refractivity contribution in [3.63, 3.8) is 0 Å². The number of hydrogen-bond donors (Lipinski definition) is 1. The Morgan fingerprint density at radius 1 is 1.24 bits per heavy atom. The van der Waals surface area contributed by atoms with Gasteiger partial charge in [-0.15, -0.1) is 11.3 Å². The zero-order valence-corrected chi connectivity index (χ0v) is 12.3. The van der Waals surface area contributed by atoms with Crippen LogP contribution in [0.25, 0.3) is 0 Å². The van der Waals surface area contributed by atoms with Crippen LogP contribution in [0.4, 0.5) is 5.69 Å². The van der Waals surface area contributed by atoms with Crippen molar-refractivity contribution in [2.24, 2.45) is 0 Å². The van der Waals surface area contributed by atoms with Crippen molar-refractivity contribution in [1.82, 2.24) is 0 Å². The van der Waals surface area contributed by atoms with Crippen molar-refractivity contribution in [3.05, 3.63) is 48.5 Å². The van der Waals surface area contributed by atoms with E-state index in [1.54, 1.807) is 24.3 Å². The van der Waals surface area contributed by atoms with Gasteiger partial charge in [-0.25, -0.2) is 0 Å². The molecule has 0 aliphatic carbocycles. The van der Waals surface area contributed by atoms with Crippen LogP contribution in [0.2, 0.25) is 10.0 Å². The smallest absolute Gasteiger partial charge is 0.203 e. The molecule has 17 heavy (non-hydrogen) atoms. The van der Waals surface area contributed by atoms with Gasteiger partial charge in [0.25, 0.3) is 0 Å². The molecule has 0 spiro atoms. The molecule has 6 heteroatoms. The second-order valence-electron chi connectivity index (χ2n) is 3.33. The second kappa shape index (κ2) is 4.98. The molecule has 1 aromatic carbocycles. The van der Waals surface area contributed by atoms with E-state index in [2.05, 4.69) is 15.9 Å². The lowest BCUT2D eigenvalue weighted by molar-refractivity contribution is 0.104. The molecule has 88 valence electrons. The molecule has 0 saturated heterocycles. The third-order valence-corrected chi connectivity index (χ3v) is 4.74. The van der Waals surface area contributed by atoms with Crippen LogP contribution in [-0.2, 0) is 0 Å². The third kappa shape index (κ3) is 2.83. The largest absolute Gasteiger partial charge is 0.399 e. The lowest BCUT2D eigenvalue weighted by Gasteiger charge is -2.01. The fourth-order valence-electron chi connectivity index (χ4n) is 1.34. The summed E-state index contributed by atoms with van der Waals surface area (Å²) < 4.78 is 0.734. The van der Waals surface area contributed by atoms with Crippen LogP contribution in [0.5, 0.6) is 0 Å². The van der Waals surface area contributed by atoms with Crippen molar-refractivity contribution in [2.75, 3.05) is 5.73 Å². The van der Waals surface area contributed by atoms with Crippen LogP contribution in [0.3, 0.4) is 0 Å². The maximum absolute atomic E-state index is 12.1. The lowest BCUT2D eigenvalue weighted by Crippen LogP contribution is -1.99. The predicted octanol–water partition coefficient (Wildman–Crippen LogP) is 4.63. The van der Waals surface area contributed by atoms with Gasteiger partial charge in [0.05, 0.1) is 13.7 Å². The van der Waals surface area contributed by atoms with Gasteiger partial charge in [-0.05, 0) is 40.2 Å². The Bertz CT molecular complexity index is 557. The molecule has 0 unspecified atom stereocenters. The summed E-state index contributed by atoms with van der Waals surface area (Å²) in [6.07, 6.45) is 0. The molecule has 2 N–H and O–H groups in total. The molecule has 0 saturated carbocycles. The van der Waals surface area contributed by atoms with Crippen LogP contribution < -0.4 is 5.73 Å². The number of carbonyl (C=O) groups is 1. The number of nitrogen functional groups attached to an aromatic ring is 1. The number of halogens is 3. The minimum Gasteiger partial charge on any atom is -0.399 e. The second-order valence-corrected chi connectivity index (χ2v) is 6.55. The molecular weight excluding hydrogens is 345 g/mol. The summed E-state index contributed by atoms with van der Waals surface area (Å²) in [5, 5.41) is 0.961. The van der Waals surface area contributed by atoms with Gasteiger partial charge in [-0.2, -0.15) is 0 Å². The molecule has 0 radical (unpaired) electrons. The van der Waals surface area contributed by atoms with Crippen LogP contribution in [-0.4, -0.2) is 5.78 Å². The molecule has 0 atom stereocenters. The molecule has 0 amide bonds. The Balaban J connectivity index is 2.43. The van der Waals surface area contributed by atoms with Crippen molar-refractivity contribution in [3.8, 4) is 0 Å². The molecular formula is C11H6BrCl2NOS. The van der Waals surface area contributed by atoms with Gasteiger partial charge in [-0.3, -0.25) is 4.79 Å². The van der Waals surface area contributed by atoms with E-state index in [0.717, 1.165) is 3.79 Å². The van der Waals surface area contributed by atoms with Crippen LogP contribution in [0, 0.1) is 0 Å². The van der Waals surface area contributed by atoms with Crippen molar-refractivity contribution in [1.29, 1.82) is 0 Å². The fourth-order valence-corrected chi connectivity index (χ4v) is 3.25. The minimum absolute atomic E-state index is 0.142. The number of anilines is 1. The number of nitrogens with two attached hydrogens (primary N) is 1. The first-order valence-electron chi connectivity index (χ1n) is 4.53. The van der Waals surface area contributed by atoms with E-state index in [4.69, 9.17) is 28.9 Å². The third-order valence-electron chi connectivity index (χ3n) is 2.05. The minimum atomic E-state index is -0.142. The maximum Gasteiger partial charge on any atom is 0.203 e. The highest BCUT2D eigenvalue weighted by molar-refractivity contribution is 9.11. The quantitative estimate of drug-likeness (QED) is 0.633.